The number of halogens is 3. The summed E-state index contributed by atoms with van der Waals surface area (Å²) in [6, 6.07) is -1.54. The Labute approximate surface area is 70.1 Å². The van der Waals surface area contributed by atoms with Gasteiger partial charge in [-0.2, -0.15) is 13.2 Å². The lowest BCUT2D eigenvalue weighted by Crippen LogP contribution is -2.45. The predicted octanol–water partition coefficient (Wildman–Crippen LogP) is 1.56. The molecule has 0 fully saturated rings. The van der Waals surface area contributed by atoms with Gasteiger partial charge in [-0.3, -0.25) is 0 Å². The molecule has 0 aliphatic heterocycles. The molecule has 0 saturated carbocycles. The zero-order valence-electron chi connectivity index (χ0n) is 7.24. The maximum Gasteiger partial charge on any atom is 0.406 e. The zero-order chi connectivity index (χ0) is 9.61. The Hall–Kier alpha value is -0.290. The Balaban J connectivity index is 3.86. The summed E-state index contributed by atoms with van der Waals surface area (Å²) < 4.78 is 41.0. The molecular weight excluding hydrogens is 171 g/mol. The summed E-state index contributed by atoms with van der Waals surface area (Å²) in [4.78, 5) is 0. The van der Waals surface area contributed by atoms with Gasteiger partial charge in [0.25, 0.3) is 0 Å². The predicted molar refractivity (Wildman–Crippen MR) is 40.0 cm³/mol. The van der Waals surface area contributed by atoms with Crippen molar-refractivity contribution in [3.8, 4) is 0 Å². The number of alkyl halides is 3. The van der Waals surface area contributed by atoms with Crippen LogP contribution in [0.15, 0.2) is 0 Å². The average molecular weight is 185 g/mol. The first kappa shape index (κ1) is 11.7. The van der Waals surface area contributed by atoms with Gasteiger partial charge < -0.3 is 10.1 Å². The Kier molecular flexibility index (Phi) is 5.24. The highest BCUT2D eigenvalue weighted by molar-refractivity contribution is 4.73. The molecule has 0 heterocycles. The minimum Gasteiger partial charge on any atom is -0.380 e. The molecule has 12 heavy (non-hydrogen) atoms. The van der Waals surface area contributed by atoms with Gasteiger partial charge in [-0.25, -0.2) is 0 Å². The zero-order valence-corrected chi connectivity index (χ0v) is 7.24. The third-order valence-corrected chi connectivity index (χ3v) is 1.33. The number of ether oxygens (including phenoxy) is 1. The van der Waals surface area contributed by atoms with Crippen molar-refractivity contribution in [2.24, 2.45) is 0 Å². The first-order valence-corrected chi connectivity index (χ1v) is 3.90. The number of hydrogen-bond acceptors (Lipinski definition) is 2. The third-order valence-electron chi connectivity index (χ3n) is 1.33. The second-order valence-electron chi connectivity index (χ2n) is 2.31. The van der Waals surface area contributed by atoms with E-state index in [0.717, 1.165) is 0 Å². The molecule has 0 bridgehead atoms. The summed E-state index contributed by atoms with van der Waals surface area (Å²) in [5, 5.41) is 2.31. The number of likely N-dealkylation sites (N-methyl/N-ethyl adjacent to an activating group) is 1. The van der Waals surface area contributed by atoms with Gasteiger partial charge in [0, 0.05) is 6.61 Å². The molecule has 0 radical (unpaired) electrons. The van der Waals surface area contributed by atoms with Gasteiger partial charge in [0.1, 0.15) is 6.04 Å². The minimum absolute atomic E-state index is 0.289. The van der Waals surface area contributed by atoms with Crippen LogP contribution in [-0.4, -0.2) is 32.0 Å². The largest absolute Gasteiger partial charge is 0.406 e. The van der Waals surface area contributed by atoms with E-state index in [-0.39, 0.29) is 13.2 Å². The van der Waals surface area contributed by atoms with Crippen LogP contribution < -0.4 is 5.32 Å². The lowest BCUT2D eigenvalue weighted by atomic mass is 10.3. The minimum atomic E-state index is -4.22. The molecule has 0 aromatic heterocycles. The van der Waals surface area contributed by atoms with Crippen molar-refractivity contribution in [2.75, 3.05) is 19.8 Å². The molecule has 2 nitrogen and oxygen atoms in total. The molecule has 0 saturated heterocycles. The van der Waals surface area contributed by atoms with Crippen LogP contribution in [0.2, 0.25) is 0 Å². The van der Waals surface area contributed by atoms with E-state index in [9.17, 15) is 13.2 Å². The highest BCUT2D eigenvalue weighted by Gasteiger charge is 2.38. The average Bonchev–Trinajstić information content (AvgIpc) is 1.95. The van der Waals surface area contributed by atoms with Crippen molar-refractivity contribution < 1.29 is 17.9 Å². The smallest absolute Gasteiger partial charge is 0.380 e. The standard InChI is InChI=1S/C7H14F3NO/c1-3-11-6(5-12-4-2)7(8,9)10/h6,11H,3-5H2,1-2H3. The molecular formula is C7H14F3NO. The van der Waals surface area contributed by atoms with E-state index in [0.29, 0.717) is 6.61 Å². The van der Waals surface area contributed by atoms with E-state index in [4.69, 9.17) is 4.74 Å². The number of rotatable bonds is 5. The molecule has 0 spiro atoms. The second-order valence-corrected chi connectivity index (χ2v) is 2.31. The van der Waals surface area contributed by atoms with Crippen LogP contribution in [0.5, 0.6) is 0 Å². The Bertz CT molecular complexity index is 116. The van der Waals surface area contributed by atoms with Gasteiger partial charge in [0.15, 0.2) is 0 Å². The maximum absolute atomic E-state index is 12.1. The van der Waals surface area contributed by atoms with Crippen molar-refractivity contribution in [2.45, 2.75) is 26.1 Å². The third kappa shape index (κ3) is 4.56. The molecule has 0 amide bonds. The lowest BCUT2D eigenvalue weighted by Gasteiger charge is -2.20. The molecule has 74 valence electrons. The highest BCUT2D eigenvalue weighted by Crippen LogP contribution is 2.20. The fraction of sp³-hybridized carbons (Fsp3) is 1.00. The van der Waals surface area contributed by atoms with Gasteiger partial charge >= 0.3 is 6.18 Å². The van der Waals surface area contributed by atoms with Crippen LogP contribution in [0.3, 0.4) is 0 Å². The van der Waals surface area contributed by atoms with Crippen molar-refractivity contribution >= 4 is 0 Å². The first-order valence-electron chi connectivity index (χ1n) is 3.90. The monoisotopic (exact) mass is 185 g/mol. The molecule has 1 atom stereocenters. The van der Waals surface area contributed by atoms with Crippen molar-refractivity contribution in [3.05, 3.63) is 0 Å². The van der Waals surface area contributed by atoms with Gasteiger partial charge in [0.2, 0.25) is 0 Å². The van der Waals surface area contributed by atoms with E-state index in [2.05, 4.69) is 5.32 Å². The fourth-order valence-electron chi connectivity index (χ4n) is 0.751. The van der Waals surface area contributed by atoms with E-state index in [1.165, 1.54) is 0 Å². The van der Waals surface area contributed by atoms with E-state index < -0.39 is 12.2 Å². The summed E-state index contributed by atoms with van der Waals surface area (Å²) in [6.45, 7) is 3.58. The molecule has 5 heteroatoms. The van der Waals surface area contributed by atoms with Crippen molar-refractivity contribution in [1.82, 2.24) is 5.32 Å². The summed E-state index contributed by atoms with van der Waals surface area (Å²) in [6.07, 6.45) is -4.22. The molecule has 0 rings (SSSR count). The van der Waals surface area contributed by atoms with Gasteiger partial charge in [-0.05, 0) is 13.5 Å². The summed E-state index contributed by atoms with van der Waals surface area (Å²) in [5.74, 6) is 0. The summed E-state index contributed by atoms with van der Waals surface area (Å²) in [5.41, 5.74) is 0. The van der Waals surface area contributed by atoms with Crippen molar-refractivity contribution in [3.63, 3.8) is 0 Å². The van der Waals surface area contributed by atoms with Gasteiger partial charge in [0.05, 0.1) is 6.61 Å². The van der Waals surface area contributed by atoms with Crippen LogP contribution in [0, 0.1) is 0 Å². The molecule has 0 aromatic rings. The van der Waals surface area contributed by atoms with Crippen LogP contribution >= 0.6 is 0 Å². The van der Waals surface area contributed by atoms with Gasteiger partial charge in [-0.1, -0.05) is 6.92 Å². The van der Waals surface area contributed by atoms with Crippen LogP contribution in [0.1, 0.15) is 13.8 Å². The molecule has 0 aromatic carbocycles. The lowest BCUT2D eigenvalue weighted by molar-refractivity contribution is -0.167. The SMILES string of the molecule is CCNC(COCC)C(F)(F)F. The highest BCUT2D eigenvalue weighted by atomic mass is 19.4. The Morgan fingerprint density at radius 1 is 1.33 bits per heavy atom. The van der Waals surface area contributed by atoms with Crippen LogP contribution in [0.25, 0.3) is 0 Å². The van der Waals surface area contributed by atoms with Crippen LogP contribution in [0.4, 0.5) is 13.2 Å². The number of hydrogen-bond donors (Lipinski definition) is 1. The summed E-state index contributed by atoms with van der Waals surface area (Å²) >= 11 is 0. The van der Waals surface area contributed by atoms with E-state index in [1.807, 2.05) is 0 Å². The second kappa shape index (κ2) is 5.37. The Morgan fingerprint density at radius 2 is 1.92 bits per heavy atom. The van der Waals surface area contributed by atoms with E-state index >= 15 is 0 Å². The topological polar surface area (TPSA) is 21.3 Å². The molecule has 0 aliphatic carbocycles. The van der Waals surface area contributed by atoms with E-state index in [1.54, 1.807) is 13.8 Å². The van der Waals surface area contributed by atoms with Gasteiger partial charge in [-0.15, -0.1) is 0 Å². The first-order chi connectivity index (χ1) is 5.52. The molecule has 0 aliphatic rings. The Morgan fingerprint density at radius 3 is 2.25 bits per heavy atom. The normalized spacial score (nSPS) is 14.8. The fourth-order valence-corrected chi connectivity index (χ4v) is 0.751. The molecule has 1 N–H and O–H groups in total. The van der Waals surface area contributed by atoms with Crippen LogP contribution in [-0.2, 0) is 4.74 Å². The maximum atomic E-state index is 12.1. The summed E-state index contributed by atoms with van der Waals surface area (Å²) in [7, 11) is 0. The molecule has 1 unspecified atom stereocenters. The number of nitrogens with one attached hydrogen (secondary N) is 1. The van der Waals surface area contributed by atoms with Crippen molar-refractivity contribution in [1.29, 1.82) is 0 Å². The quantitative estimate of drug-likeness (QED) is 0.701.